The molecule has 1 fully saturated rings. The van der Waals surface area contributed by atoms with E-state index in [0.717, 1.165) is 47.5 Å². The van der Waals surface area contributed by atoms with E-state index >= 15 is 0 Å². The largest absolute Gasteiger partial charge is 0.345 e. The number of nitrogens with one attached hydrogen (secondary N) is 2. The van der Waals surface area contributed by atoms with E-state index in [0.29, 0.717) is 0 Å². The van der Waals surface area contributed by atoms with Gasteiger partial charge in [0, 0.05) is 29.1 Å². The molecule has 0 bridgehead atoms. The van der Waals surface area contributed by atoms with Gasteiger partial charge in [0.25, 0.3) is 0 Å². The van der Waals surface area contributed by atoms with Gasteiger partial charge in [0.2, 0.25) is 0 Å². The fourth-order valence-electron chi connectivity index (χ4n) is 2.58. The van der Waals surface area contributed by atoms with Crippen LogP contribution >= 0.6 is 0 Å². The van der Waals surface area contributed by atoms with Gasteiger partial charge >= 0.3 is 0 Å². The SMILES string of the molecule is Cc1cc(NC=C2CCCC(=Cc3ccccc3)C2=O)n[nH]1. The van der Waals surface area contributed by atoms with Crippen molar-refractivity contribution in [3.05, 3.63) is 65.0 Å². The van der Waals surface area contributed by atoms with Crippen LogP contribution in [0.4, 0.5) is 5.82 Å². The lowest BCUT2D eigenvalue weighted by molar-refractivity contribution is -0.112. The molecule has 0 amide bonds. The van der Waals surface area contributed by atoms with Crippen molar-refractivity contribution >= 4 is 17.7 Å². The van der Waals surface area contributed by atoms with E-state index in [9.17, 15) is 4.79 Å². The highest BCUT2D eigenvalue weighted by molar-refractivity contribution is 6.11. The molecule has 0 spiro atoms. The molecule has 112 valence electrons. The summed E-state index contributed by atoms with van der Waals surface area (Å²) in [5, 5.41) is 10.1. The molecule has 2 aromatic rings. The first-order valence-corrected chi connectivity index (χ1v) is 7.50. The van der Waals surface area contributed by atoms with Crippen molar-refractivity contribution in [2.24, 2.45) is 0 Å². The fraction of sp³-hybridized carbons (Fsp3) is 0.222. The first kappa shape index (κ1) is 14.3. The number of rotatable bonds is 3. The van der Waals surface area contributed by atoms with Crippen molar-refractivity contribution in [3.63, 3.8) is 0 Å². The summed E-state index contributed by atoms with van der Waals surface area (Å²) in [7, 11) is 0. The van der Waals surface area contributed by atoms with Gasteiger partial charge in [-0.25, -0.2) is 0 Å². The molecule has 4 heteroatoms. The lowest BCUT2D eigenvalue weighted by Crippen LogP contribution is -2.13. The average Bonchev–Trinajstić information content (AvgIpc) is 2.95. The summed E-state index contributed by atoms with van der Waals surface area (Å²) in [5.74, 6) is 0.867. The molecular weight excluding hydrogens is 274 g/mol. The molecule has 0 atom stereocenters. The summed E-state index contributed by atoms with van der Waals surface area (Å²) >= 11 is 0. The molecule has 0 unspecified atom stereocenters. The number of aromatic amines is 1. The minimum absolute atomic E-state index is 0.134. The number of benzene rings is 1. The van der Waals surface area contributed by atoms with Crippen LogP contribution in [0, 0.1) is 6.92 Å². The number of aromatic nitrogens is 2. The van der Waals surface area contributed by atoms with E-state index in [2.05, 4.69) is 15.5 Å². The zero-order chi connectivity index (χ0) is 15.4. The van der Waals surface area contributed by atoms with E-state index in [1.165, 1.54) is 0 Å². The van der Waals surface area contributed by atoms with Crippen LogP contribution in [-0.2, 0) is 4.79 Å². The fourth-order valence-corrected chi connectivity index (χ4v) is 2.58. The van der Waals surface area contributed by atoms with Crippen LogP contribution < -0.4 is 5.32 Å². The molecule has 0 saturated heterocycles. The number of aryl methyl sites for hydroxylation is 1. The van der Waals surface area contributed by atoms with Gasteiger partial charge in [-0.2, -0.15) is 5.10 Å². The lowest BCUT2D eigenvalue weighted by atomic mass is 9.88. The first-order valence-electron chi connectivity index (χ1n) is 7.50. The predicted octanol–water partition coefficient (Wildman–Crippen LogP) is 3.85. The number of H-pyrrole nitrogens is 1. The number of allylic oxidation sites excluding steroid dienone is 2. The Morgan fingerprint density at radius 3 is 2.68 bits per heavy atom. The first-order chi connectivity index (χ1) is 10.7. The topological polar surface area (TPSA) is 57.8 Å². The molecular formula is C18H19N3O. The maximum Gasteiger partial charge on any atom is 0.186 e. The van der Waals surface area contributed by atoms with Gasteiger partial charge in [0.1, 0.15) is 0 Å². The molecule has 1 heterocycles. The minimum Gasteiger partial charge on any atom is -0.345 e. The van der Waals surface area contributed by atoms with Gasteiger partial charge in [-0.15, -0.1) is 0 Å². The average molecular weight is 293 g/mol. The second-order valence-corrected chi connectivity index (χ2v) is 5.51. The number of anilines is 1. The summed E-state index contributed by atoms with van der Waals surface area (Å²) in [6.07, 6.45) is 6.43. The summed E-state index contributed by atoms with van der Waals surface area (Å²) in [4.78, 5) is 12.6. The molecule has 1 aromatic carbocycles. The van der Waals surface area contributed by atoms with Crippen molar-refractivity contribution < 1.29 is 4.79 Å². The van der Waals surface area contributed by atoms with Crippen molar-refractivity contribution in [2.75, 3.05) is 5.32 Å². The number of hydrogen-bond donors (Lipinski definition) is 2. The van der Waals surface area contributed by atoms with Gasteiger partial charge in [0.15, 0.2) is 11.6 Å². The molecule has 22 heavy (non-hydrogen) atoms. The monoisotopic (exact) mass is 293 g/mol. The highest BCUT2D eigenvalue weighted by atomic mass is 16.1. The molecule has 1 aliphatic rings. The standard InChI is InChI=1S/C18H19N3O/c1-13-10-17(21-20-13)19-12-16-9-5-8-15(18(16)22)11-14-6-3-2-4-7-14/h2-4,6-7,10-12H,5,8-9H2,1H3,(H2,19,20,21). The number of carbonyl (C=O) groups is 1. The Morgan fingerprint density at radius 2 is 1.95 bits per heavy atom. The van der Waals surface area contributed by atoms with Crippen LogP contribution in [0.5, 0.6) is 0 Å². The van der Waals surface area contributed by atoms with Crippen LogP contribution in [0.15, 0.2) is 53.7 Å². The van der Waals surface area contributed by atoms with E-state index in [1.807, 2.05) is 49.4 Å². The Bertz CT molecular complexity index is 726. The van der Waals surface area contributed by atoms with Gasteiger partial charge < -0.3 is 5.32 Å². The van der Waals surface area contributed by atoms with Crippen LogP contribution in [0.3, 0.4) is 0 Å². The molecule has 2 N–H and O–H groups in total. The third kappa shape index (κ3) is 3.34. The summed E-state index contributed by atoms with van der Waals surface area (Å²) < 4.78 is 0. The van der Waals surface area contributed by atoms with Crippen molar-refractivity contribution in [2.45, 2.75) is 26.2 Å². The molecule has 1 aromatic heterocycles. The number of ketones is 1. The molecule has 0 aliphatic heterocycles. The predicted molar refractivity (Wildman–Crippen MR) is 88.3 cm³/mol. The normalized spacial score (nSPS) is 18.9. The molecule has 4 nitrogen and oxygen atoms in total. The smallest absolute Gasteiger partial charge is 0.186 e. The Hall–Kier alpha value is -2.62. The second-order valence-electron chi connectivity index (χ2n) is 5.51. The highest BCUT2D eigenvalue weighted by Gasteiger charge is 2.20. The van der Waals surface area contributed by atoms with Crippen molar-refractivity contribution in [1.29, 1.82) is 0 Å². The van der Waals surface area contributed by atoms with Crippen molar-refractivity contribution in [3.8, 4) is 0 Å². The lowest BCUT2D eigenvalue weighted by Gasteiger charge is -2.16. The van der Waals surface area contributed by atoms with Crippen LogP contribution in [-0.4, -0.2) is 16.0 Å². The molecule has 1 aliphatic carbocycles. The van der Waals surface area contributed by atoms with E-state index < -0.39 is 0 Å². The molecule has 1 saturated carbocycles. The molecule has 0 radical (unpaired) electrons. The highest BCUT2D eigenvalue weighted by Crippen LogP contribution is 2.26. The number of Topliss-reactive ketones (excluding diaryl/α,β-unsaturated/α-hetero) is 1. The quantitative estimate of drug-likeness (QED) is 0.845. The maximum atomic E-state index is 12.6. The van der Waals surface area contributed by atoms with Gasteiger partial charge in [-0.05, 0) is 37.8 Å². The number of nitrogens with zero attached hydrogens (tertiary/aromatic N) is 1. The Labute approximate surface area is 129 Å². The zero-order valence-electron chi connectivity index (χ0n) is 12.6. The van der Waals surface area contributed by atoms with E-state index in [4.69, 9.17) is 0 Å². The van der Waals surface area contributed by atoms with E-state index in [1.54, 1.807) is 6.20 Å². The summed E-state index contributed by atoms with van der Waals surface area (Å²) in [5.41, 5.74) is 3.75. The number of hydrogen-bond acceptors (Lipinski definition) is 3. The third-order valence-electron chi connectivity index (χ3n) is 3.72. The minimum atomic E-state index is 0.134. The Balaban J connectivity index is 1.76. The van der Waals surface area contributed by atoms with Gasteiger partial charge in [0.05, 0.1) is 0 Å². The van der Waals surface area contributed by atoms with Gasteiger partial charge in [-0.1, -0.05) is 30.3 Å². The second kappa shape index (κ2) is 6.43. The number of carbonyl (C=O) groups excluding carboxylic acids is 1. The summed E-state index contributed by atoms with van der Waals surface area (Å²) in [6, 6.07) is 11.9. The Morgan fingerprint density at radius 1 is 1.18 bits per heavy atom. The maximum absolute atomic E-state index is 12.6. The Kier molecular flexibility index (Phi) is 4.19. The van der Waals surface area contributed by atoms with Crippen molar-refractivity contribution in [1.82, 2.24) is 10.2 Å². The summed E-state index contributed by atoms with van der Waals surface area (Å²) in [6.45, 7) is 1.94. The van der Waals surface area contributed by atoms with Gasteiger partial charge in [-0.3, -0.25) is 9.89 Å². The zero-order valence-corrected chi connectivity index (χ0v) is 12.6. The van der Waals surface area contributed by atoms with E-state index in [-0.39, 0.29) is 5.78 Å². The molecule has 3 rings (SSSR count). The van der Waals surface area contributed by atoms with Crippen LogP contribution in [0.1, 0.15) is 30.5 Å². The third-order valence-corrected chi connectivity index (χ3v) is 3.72. The van der Waals surface area contributed by atoms with Crippen LogP contribution in [0.2, 0.25) is 0 Å². The van der Waals surface area contributed by atoms with Crippen LogP contribution in [0.25, 0.3) is 6.08 Å².